The molecule has 0 spiro atoms. The van der Waals surface area contributed by atoms with Gasteiger partial charge in [0, 0.05) is 36.9 Å². The number of hydrogen-bond acceptors (Lipinski definition) is 6. The number of hydrogen-bond donors (Lipinski definition) is 2. The number of aliphatic hydroxyl groups excluding tert-OH is 1. The number of rotatable bonds is 9. The van der Waals surface area contributed by atoms with Gasteiger partial charge in [0.1, 0.15) is 0 Å². The van der Waals surface area contributed by atoms with Crippen LogP contribution in [0.3, 0.4) is 0 Å². The SMILES string of the molecule is CC(C)c1ccccc1C(OCCO)(c1nccn1Cc1ccncc1)S(=O)(=O)O. The van der Waals surface area contributed by atoms with Gasteiger partial charge in [-0.15, -0.1) is 0 Å². The highest BCUT2D eigenvalue weighted by Gasteiger charge is 2.52. The first kappa shape index (κ1) is 22.1. The Hall–Kier alpha value is -2.59. The smallest absolute Gasteiger partial charge is 0.307 e. The van der Waals surface area contributed by atoms with Gasteiger partial charge in [-0.25, -0.2) is 4.98 Å². The molecular formula is C21H25N3O5S. The van der Waals surface area contributed by atoms with E-state index in [2.05, 4.69) is 9.97 Å². The van der Waals surface area contributed by atoms with Gasteiger partial charge in [0.25, 0.3) is 4.93 Å². The van der Waals surface area contributed by atoms with Crippen LogP contribution in [0.5, 0.6) is 0 Å². The van der Waals surface area contributed by atoms with E-state index < -0.39 is 21.7 Å². The maximum Gasteiger partial charge on any atom is 0.307 e. The predicted molar refractivity (Wildman–Crippen MR) is 111 cm³/mol. The van der Waals surface area contributed by atoms with Crippen molar-refractivity contribution >= 4 is 10.1 Å². The Morgan fingerprint density at radius 1 is 1.13 bits per heavy atom. The second-order valence-electron chi connectivity index (χ2n) is 7.14. The summed E-state index contributed by atoms with van der Waals surface area (Å²) in [4.78, 5) is 5.98. The Labute approximate surface area is 175 Å². The molecule has 3 aromatic rings. The number of aromatic nitrogens is 3. The molecule has 1 aromatic carbocycles. The Bertz CT molecular complexity index is 1080. The minimum atomic E-state index is -4.87. The fourth-order valence-electron chi connectivity index (χ4n) is 3.50. The average Bonchev–Trinajstić information content (AvgIpc) is 3.17. The Morgan fingerprint density at radius 3 is 2.47 bits per heavy atom. The van der Waals surface area contributed by atoms with Crippen molar-refractivity contribution < 1.29 is 22.8 Å². The molecule has 9 heteroatoms. The lowest BCUT2D eigenvalue weighted by Gasteiger charge is -2.33. The van der Waals surface area contributed by atoms with E-state index in [1.54, 1.807) is 59.6 Å². The van der Waals surface area contributed by atoms with E-state index in [0.717, 1.165) is 5.56 Å². The van der Waals surface area contributed by atoms with Crippen LogP contribution < -0.4 is 0 Å². The first-order valence-corrected chi connectivity index (χ1v) is 11.0. The van der Waals surface area contributed by atoms with Gasteiger partial charge in [0.2, 0.25) is 0 Å². The summed E-state index contributed by atoms with van der Waals surface area (Å²) in [5, 5.41) is 9.39. The molecule has 0 radical (unpaired) electrons. The maximum absolute atomic E-state index is 12.9. The zero-order valence-corrected chi connectivity index (χ0v) is 17.7. The first-order valence-electron chi connectivity index (χ1n) is 9.53. The molecule has 0 aliphatic carbocycles. The van der Waals surface area contributed by atoms with E-state index >= 15 is 0 Å². The first-order chi connectivity index (χ1) is 14.3. The molecular weight excluding hydrogens is 406 g/mol. The number of benzene rings is 1. The maximum atomic E-state index is 12.9. The molecule has 0 saturated carbocycles. The molecule has 0 aliphatic rings. The van der Waals surface area contributed by atoms with Gasteiger partial charge < -0.3 is 14.4 Å². The lowest BCUT2D eigenvalue weighted by Crippen LogP contribution is -2.44. The van der Waals surface area contributed by atoms with Crippen molar-refractivity contribution in [2.24, 2.45) is 0 Å². The Kier molecular flexibility index (Phi) is 6.67. The van der Waals surface area contributed by atoms with Crippen molar-refractivity contribution in [3.05, 3.63) is 83.7 Å². The van der Waals surface area contributed by atoms with E-state index in [1.807, 2.05) is 13.8 Å². The molecule has 0 bridgehead atoms. The normalized spacial score (nSPS) is 14.0. The van der Waals surface area contributed by atoms with Crippen LogP contribution in [-0.4, -0.2) is 45.8 Å². The van der Waals surface area contributed by atoms with Crippen LogP contribution in [0.1, 0.15) is 42.3 Å². The highest BCUT2D eigenvalue weighted by atomic mass is 32.2. The molecule has 160 valence electrons. The van der Waals surface area contributed by atoms with Crippen LogP contribution in [0.15, 0.2) is 61.2 Å². The summed E-state index contributed by atoms with van der Waals surface area (Å²) < 4.78 is 43.7. The van der Waals surface area contributed by atoms with Crippen molar-refractivity contribution in [3.63, 3.8) is 0 Å². The second-order valence-corrected chi connectivity index (χ2v) is 8.66. The summed E-state index contributed by atoms with van der Waals surface area (Å²) in [5.74, 6) is -0.0491. The zero-order valence-electron chi connectivity index (χ0n) is 16.8. The second kappa shape index (κ2) is 9.05. The quantitative estimate of drug-likeness (QED) is 0.500. The summed E-state index contributed by atoms with van der Waals surface area (Å²) >= 11 is 0. The molecule has 1 atom stereocenters. The van der Waals surface area contributed by atoms with Gasteiger partial charge in [-0.1, -0.05) is 38.1 Å². The monoisotopic (exact) mass is 431 g/mol. The molecule has 0 aliphatic heterocycles. The van der Waals surface area contributed by atoms with Crippen molar-refractivity contribution in [3.8, 4) is 0 Å². The topological polar surface area (TPSA) is 115 Å². The summed E-state index contributed by atoms with van der Waals surface area (Å²) in [6, 6.07) is 10.5. The zero-order chi connectivity index (χ0) is 21.8. The van der Waals surface area contributed by atoms with Crippen molar-refractivity contribution in [1.29, 1.82) is 0 Å². The number of aliphatic hydroxyl groups is 1. The van der Waals surface area contributed by atoms with Gasteiger partial charge in [-0.05, 0) is 29.2 Å². The van der Waals surface area contributed by atoms with Crippen LogP contribution in [0.25, 0.3) is 0 Å². The third-order valence-electron chi connectivity index (χ3n) is 4.81. The van der Waals surface area contributed by atoms with Gasteiger partial charge in [-0.3, -0.25) is 9.54 Å². The van der Waals surface area contributed by atoms with Crippen molar-refractivity contribution in [2.75, 3.05) is 13.2 Å². The molecule has 2 heterocycles. The molecule has 3 rings (SSSR count). The van der Waals surface area contributed by atoms with E-state index in [-0.39, 0.29) is 23.9 Å². The van der Waals surface area contributed by atoms with Gasteiger partial charge in [0.15, 0.2) is 5.82 Å². The van der Waals surface area contributed by atoms with E-state index in [9.17, 15) is 18.1 Å². The predicted octanol–water partition coefficient (Wildman–Crippen LogP) is 2.55. The highest BCUT2D eigenvalue weighted by molar-refractivity contribution is 7.86. The van der Waals surface area contributed by atoms with Gasteiger partial charge in [0.05, 0.1) is 13.2 Å². The molecule has 0 fully saturated rings. The van der Waals surface area contributed by atoms with E-state index in [4.69, 9.17) is 4.74 Å². The van der Waals surface area contributed by atoms with Crippen LogP contribution in [0, 0.1) is 0 Å². The Morgan fingerprint density at radius 2 is 1.83 bits per heavy atom. The number of nitrogens with zero attached hydrogens (tertiary/aromatic N) is 3. The number of imidazole rings is 1. The molecule has 8 nitrogen and oxygen atoms in total. The van der Waals surface area contributed by atoms with Crippen molar-refractivity contribution in [1.82, 2.24) is 14.5 Å². The largest absolute Gasteiger partial charge is 0.394 e. The molecule has 2 N–H and O–H groups in total. The van der Waals surface area contributed by atoms with Crippen LogP contribution in [0.4, 0.5) is 0 Å². The molecule has 30 heavy (non-hydrogen) atoms. The fourth-order valence-corrected chi connectivity index (χ4v) is 4.59. The van der Waals surface area contributed by atoms with Crippen LogP contribution >= 0.6 is 0 Å². The average molecular weight is 432 g/mol. The number of pyridine rings is 1. The van der Waals surface area contributed by atoms with Gasteiger partial charge >= 0.3 is 10.1 Å². The third kappa shape index (κ3) is 4.15. The van der Waals surface area contributed by atoms with Crippen molar-refractivity contribution in [2.45, 2.75) is 31.2 Å². The summed E-state index contributed by atoms with van der Waals surface area (Å²) in [5.41, 5.74) is 1.82. The highest BCUT2D eigenvalue weighted by Crippen LogP contribution is 2.41. The third-order valence-corrected chi connectivity index (χ3v) is 6.06. The molecule has 1 unspecified atom stereocenters. The minimum absolute atomic E-state index is 0.00311. The van der Waals surface area contributed by atoms with Crippen LogP contribution in [-0.2, 0) is 26.3 Å². The molecule has 0 saturated heterocycles. The lowest BCUT2D eigenvalue weighted by molar-refractivity contribution is 0.00799. The lowest BCUT2D eigenvalue weighted by atomic mass is 9.93. The standard InChI is InChI=1S/C21H25N3O5S/c1-16(2)18-5-3-4-6-19(18)21(29-14-13-25,30(26,27)28)20-23-11-12-24(20)15-17-7-9-22-10-8-17/h3-12,16,25H,13-15H2,1-2H3,(H,26,27,28). The van der Waals surface area contributed by atoms with E-state index in [1.165, 1.54) is 6.20 Å². The number of ether oxygens (including phenoxy) is 1. The molecule has 2 aromatic heterocycles. The Balaban J connectivity index is 2.28. The van der Waals surface area contributed by atoms with Crippen LogP contribution in [0.2, 0.25) is 0 Å². The summed E-state index contributed by atoms with van der Waals surface area (Å²) in [7, 11) is -4.87. The fraction of sp³-hybridized carbons (Fsp3) is 0.333. The minimum Gasteiger partial charge on any atom is -0.394 e. The summed E-state index contributed by atoms with van der Waals surface area (Å²) in [6.07, 6.45) is 6.35. The summed E-state index contributed by atoms with van der Waals surface area (Å²) in [6.45, 7) is 3.40. The van der Waals surface area contributed by atoms with E-state index in [0.29, 0.717) is 12.1 Å². The van der Waals surface area contributed by atoms with Gasteiger partial charge in [-0.2, -0.15) is 8.42 Å². The molecule has 0 amide bonds.